The van der Waals surface area contributed by atoms with Crippen LogP contribution in [-0.4, -0.2) is 22.6 Å². The van der Waals surface area contributed by atoms with Crippen molar-refractivity contribution in [2.24, 2.45) is 4.99 Å². The average Bonchev–Trinajstić information content (AvgIpc) is 3.21. The van der Waals surface area contributed by atoms with Crippen molar-refractivity contribution in [2.45, 2.75) is 26.5 Å². The monoisotopic (exact) mass is 458 g/mol. The van der Waals surface area contributed by atoms with Gasteiger partial charge in [0.05, 0.1) is 28.9 Å². The largest absolute Gasteiger partial charge is 0.489 e. The first-order valence-electron chi connectivity index (χ1n) is 9.73. The molecule has 0 aromatic heterocycles. The van der Waals surface area contributed by atoms with Crippen LogP contribution in [0.4, 0.5) is 4.39 Å². The number of rotatable bonds is 6. The van der Waals surface area contributed by atoms with Gasteiger partial charge >= 0.3 is 5.97 Å². The Morgan fingerprint density at radius 3 is 2.74 bits per heavy atom. The number of fused-ring (bicyclic) bond motifs is 1. The van der Waals surface area contributed by atoms with Gasteiger partial charge in [-0.15, -0.1) is 0 Å². The molecule has 5 nitrogen and oxygen atoms in total. The molecule has 2 heterocycles. The highest BCUT2D eigenvalue weighted by Crippen LogP contribution is 2.41. The van der Waals surface area contributed by atoms with Gasteiger partial charge in [0, 0.05) is 11.8 Å². The van der Waals surface area contributed by atoms with Crippen molar-refractivity contribution in [3.8, 4) is 5.75 Å². The number of esters is 1. The number of halogens is 2. The molecule has 4 rings (SSSR count). The Balaban J connectivity index is 1.58. The van der Waals surface area contributed by atoms with Crippen LogP contribution in [0.2, 0.25) is 5.02 Å². The molecular weight excluding hydrogens is 439 g/mol. The summed E-state index contributed by atoms with van der Waals surface area (Å²) in [6.45, 7) is 3.90. The number of allylic oxidation sites excluding steroid dienone is 1. The predicted molar refractivity (Wildman–Crippen MR) is 120 cm³/mol. The predicted octanol–water partition coefficient (Wildman–Crippen LogP) is 5.83. The number of hydrogen-bond donors (Lipinski definition) is 0. The molecule has 0 saturated carbocycles. The van der Waals surface area contributed by atoms with Gasteiger partial charge in [-0.3, -0.25) is 0 Å². The zero-order valence-corrected chi connectivity index (χ0v) is 18.5. The first-order valence-corrected chi connectivity index (χ1v) is 11.0. The Morgan fingerprint density at radius 2 is 2.03 bits per heavy atom. The Labute approximate surface area is 189 Å². The van der Waals surface area contributed by atoms with Gasteiger partial charge in [-0.05, 0) is 49.1 Å². The van der Waals surface area contributed by atoms with Crippen LogP contribution in [0.15, 0.2) is 70.3 Å². The molecule has 1 atom stereocenters. The van der Waals surface area contributed by atoms with Crippen molar-refractivity contribution in [1.29, 1.82) is 0 Å². The summed E-state index contributed by atoms with van der Waals surface area (Å²) in [4.78, 5) is 19.2. The molecule has 8 heteroatoms. The number of carbonyl (C=O) groups is 1. The maximum atomic E-state index is 14.0. The summed E-state index contributed by atoms with van der Waals surface area (Å²) in [5.41, 5.74) is 2.34. The molecule has 2 aliphatic rings. The Kier molecular flexibility index (Phi) is 6.34. The van der Waals surface area contributed by atoms with Crippen LogP contribution < -0.4 is 4.74 Å². The average molecular weight is 459 g/mol. The molecule has 0 radical (unpaired) electrons. The molecule has 0 spiro atoms. The van der Waals surface area contributed by atoms with E-state index in [1.807, 2.05) is 35.6 Å². The molecule has 0 N–H and O–H groups in total. The SMILES string of the molecule is CCOC(=O)C1=C(C)N=C2SC=CN2[C@@H]1c1ccc(OCc2c(F)cccc2Cl)cc1. The minimum atomic E-state index is -0.406. The Morgan fingerprint density at radius 1 is 1.26 bits per heavy atom. The third-order valence-electron chi connectivity index (χ3n) is 4.96. The third-order valence-corrected chi connectivity index (χ3v) is 6.08. The van der Waals surface area contributed by atoms with E-state index in [9.17, 15) is 9.18 Å². The first kappa shape index (κ1) is 21.5. The molecule has 0 bridgehead atoms. The van der Waals surface area contributed by atoms with E-state index in [1.54, 1.807) is 31.2 Å². The topological polar surface area (TPSA) is 51.1 Å². The van der Waals surface area contributed by atoms with Crippen molar-refractivity contribution in [2.75, 3.05) is 6.61 Å². The van der Waals surface area contributed by atoms with Crippen LogP contribution in [0, 0.1) is 5.82 Å². The maximum Gasteiger partial charge on any atom is 0.338 e. The number of amidine groups is 1. The normalized spacial score (nSPS) is 17.5. The number of ether oxygens (including phenoxy) is 2. The minimum absolute atomic E-state index is 0.0175. The van der Waals surface area contributed by atoms with E-state index in [0.717, 1.165) is 10.7 Å². The van der Waals surface area contributed by atoms with Gasteiger partial charge in [-0.25, -0.2) is 14.2 Å². The van der Waals surface area contributed by atoms with E-state index < -0.39 is 5.82 Å². The van der Waals surface area contributed by atoms with E-state index in [0.29, 0.717) is 27.6 Å². The molecule has 2 aliphatic heterocycles. The lowest BCUT2D eigenvalue weighted by atomic mass is 9.95. The second-order valence-electron chi connectivity index (χ2n) is 6.88. The number of benzene rings is 2. The number of aliphatic imine (C=N–C) groups is 1. The van der Waals surface area contributed by atoms with Gasteiger partial charge in [-0.1, -0.05) is 41.6 Å². The fraction of sp³-hybridized carbons (Fsp3) is 0.217. The van der Waals surface area contributed by atoms with Gasteiger partial charge in [0.2, 0.25) is 0 Å². The van der Waals surface area contributed by atoms with Crippen molar-refractivity contribution >= 4 is 34.5 Å². The van der Waals surface area contributed by atoms with Gasteiger partial charge in [0.25, 0.3) is 0 Å². The highest BCUT2D eigenvalue weighted by molar-refractivity contribution is 8.16. The van der Waals surface area contributed by atoms with E-state index >= 15 is 0 Å². The van der Waals surface area contributed by atoms with Crippen LogP contribution in [-0.2, 0) is 16.1 Å². The molecule has 0 amide bonds. The molecule has 2 aromatic rings. The van der Waals surface area contributed by atoms with Crippen molar-refractivity contribution in [3.63, 3.8) is 0 Å². The number of carbonyl (C=O) groups excluding carboxylic acids is 1. The summed E-state index contributed by atoms with van der Waals surface area (Å²) in [5.74, 6) is -0.221. The van der Waals surface area contributed by atoms with Gasteiger partial charge in [0.1, 0.15) is 18.2 Å². The third kappa shape index (κ3) is 4.34. The molecule has 31 heavy (non-hydrogen) atoms. The molecule has 0 saturated heterocycles. The fourth-order valence-electron chi connectivity index (χ4n) is 3.47. The van der Waals surface area contributed by atoms with E-state index in [1.165, 1.54) is 17.8 Å². The molecule has 0 fully saturated rings. The van der Waals surface area contributed by atoms with E-state index in [4.69, 9.17) is 21.1 Å². The number of hydrogen-bond acceptors (Lipinski definition) is 6. The zero-order valence-electron chi connectivity index (χ0n) is 17.0. The maximum absolute atomic E-state index is 14.0. The molecule has 160 valence electrons. The zero-order chi connectivity index (χ0) is 22.0. The molecule has 2 aromatic carbocycles. The summed E-state index contributed by atoms with van der Waals surface area (Å²) < 4.78 is 25.0. The lowest BCUT2D eigenvalue weighted by Crippen LogP contribution is -2.34. The first-order chi connectivity index (χ1) is 15.0. The van der Waals surface area contributed by atoms with Crippen LogP contribution in [0.3, 0.4) is 0 Å². The van der Waals surface area contributed by atoms with E-state index in [-0.39, 0.29) is 25.2 Å². The highest BCUT2D eigenvalue weighted by Gasteiger charge is 2.37. The second kappa shape index (κ2) is 9.16. The lowest BCUT2D eigenvalue weighted by molar-refractivity contribution is -0.139. The minimum Gasteiger partial charge on any atom is -0.489 e. The summed E-state index contributed by atoms with van der Waals surface area (Å²) >= 11 is 7.57. The summed E-state index contributed by atoms with van der Waals surface area (Å²) in [6, 6.07) is 11.5. The quantitative estimate of drug-likeness (QED) is 0.510. The summed E-state index contributed by atoms with van der Waals surface area (Å²) in [6.07, 6.45) is 1.91. The summed E-state index contributed by atoms with van der Waals surface area (Å²) in [5, 5.41) is 3.07. The highest BCUT2D eigenvalue weighted by atomic mass is 35.5. The van der Waals surface area contributed by atoms with Crippen LogP contribution >= 0.6 is 23.4 Å². The van der Waals surface area contributed by atoms with Crippen LogP contribution in [0.5, 0.6) is 5.75 Å². The Hall–Kier alpha value is -2.77. The van der Waals surface area contributed by atoms with Crippen LogP contribution in [0.25, 0.3) is 0 Å². The number of nitrogens with zero attached hydrogens (tertiary/aromatic N) is 2. The second-order valence-corrected chi connectivity index (χ2v) is 8.16. The van der Waals surface area contributed by atoms with Gasteiger partial charge in [-0.2, -0.15) is 0 Å². The van der Waals surface area contributed by atoms with Gasteiger partial charge in [0.15, 0.2) is 5.17 Å². The smallest absolute Gasteiger partial charge is 0.338 e. The number of thioether (sulfide) groups is 1. The standard InChI is InChI=1S/C23H20ClFN2O3S/c1-3-29-22(28)20-14(2)26-23-27(11-12-31-23)21(20)15-7-9-16(10-8-15)30-13-17-18(24)5-4-6-19(17)25/h4-12,21H,3,13H2,1-2H3/t21-/m1/s1. The molecule has 0 unspecified atom stereocenters. The van der Waals surface area contributed by atoms with E-state index in [2.05, 4.69) is 4.99 Å². The molecule has 0 aliphatic carbocycles. The van der Waals surface area contributed by atoms with Crippen LogP contribution in [0.1, 0.15) is 31.0 Å². The van der Waals surface area contributed by atoms with Crippen molar-refractivity contribution < 1.29 is 18.7 Å². The van der Waals surface area contributed by atoms with Gasteiger partial charge < -0.3 is 14.4 Å². The molecular formula is C23H20ClFN2O3S. The van der Waals surface area contributed by atoms with Crippen molar-refractivity contribution in [1.82, 2.24) is 4.90 Å². The fourth-order valence-corrected chi connectivity index (χ4v) is 4.48. The summed E-state index contributed by atoms with van der Waals surface area (Å²) in [7, 11) is 0. The van der Waals surface area contributed by atoms with Crippen molar-refractivity contribution in [3.05, 3.63) is 87.3 Å². The Bertz CT molecular complexity index is 1080. The lowest BCUT2D eigenvalue weighted by Gasteiger charge is -2.33.